The van der Waals surface area contributed by atoms with E-state index in [0.717, 1.165) is 6.42 Å². The van der Waals surface area contributed by atoms with Gasteiger partial charge in [-0.2, -0.15) is 0 Å². The highest BCUT2D eigenvalue weighted by Gasteiger charge is 2.36. The molecular weight excluding hydrogens is 272 g/mol. The fourth-order valence-electron chi connectivity index (χ4n) is 2.74. The number of hydrogen-bond donors (Lipinski definition) is 2. The van der Waals surface area contributed by atoms with Crippen molar-refractivity contribution in [2.75, 3.05) is 0 Å². The minimum atomic E-state index is -0.638. The zero-order valence-electron chi connectivity index (χ0n) is 11.8. The van der Waals surface area contributed by atoms with Gasteiger partial charge < -0.3 is 19.5 Å². The molecule has 1 aliphatic carbocycles. The van der Waals surface area contributed by atoms with Crippen molar-refractivity contribution in [3.05, 3.63) is 36.2 Å². The maximum atomic E-state index is 12.1. The van der Waals surface area contributed by atoms with Gasteiger partial charge in [0.05, 0.1) is 24.5 Å². The summed E-state index contributed by atoms with van der Waals surface area (Å²) in [6.07, 6.45) is 6.75. The van der Waals surface area contributed by atoms with E-state index in [1.807, 2.05) is 17.7 Å². The van der Waals surface area contributed by atoms with Crippen LogP contribution in [0.5, 0.6) is 0 Å². The molecule has 0 aliphatic heterocycles. The molecule has 1 fully saturated rings. The normalized spacial score (nSPS) is 25.1. The second-order valence-corrected chi connectivity index (χ2v) is 5.26. The van der Waals surface area contributed by atoms with E-state index in [4.69, 9.17) is 4.52 Å². The van der Waals surface area contributed by atoms with Crippen molar-refractivity contribution in [2.24, 2.45) is 0 Å². The van der Waals surface area contributed by atoms with Crippen molar-refractivity contribution < 1.29 is 14.4 Å². The Morgan fingerprint density at radius 2 is 2.43 bits per heavy atom. The molecule has 1 saturated carbocycles. The predicted octanol–water partition coefficient (Wildman–Crippen LogP) is 0.928. The van der Waals surface area contributed by atoms with Gasteiger partial charge in [-0.25, -0.2) is 4.98 Å². The minimum absolute atomic E-state index is 0.0543. The Morgan fingerprint density at radius 3 is 3.10 bits per heavy atom. The number of aromatic nitrogens is 3. The molecule has 112 valence electrons. The standard InChI is InChI=1S/C14H18N4O3/c1-2-9-7-11(17-21-9)14(20)16-10-3-4-12(13(10)19)18-6-5-15-8-18/h5-8,10,12-13,19H,2-4H2,1H3,(H,16,20)/t10-,12-,13-/m1/s1. The Morgan fingerprint density at radius 1 is 1.57 bits per heavy atom. The number of nitrogens with zero attached hydrogens (tertiary/aromatic N) is 3. The lowest BCUT2D eigenvalue weighted by molar-refractivity contribution is 0.0806. The van der Waals surface area contributed by atoms with Crippen LogP contribution in [-0.2, 0) is 6.42 Å². The van der Waals surface area contributed by atoms with E-state index >= 15 is 0 Å². The van der Waals surface area contributed by atoms with Crippen molar-refractivity contribution in [1.82, 2.24) is 20.0 Å². The Bertz CT molecular complexity index is 608. The van der Waals surface area contributed by atoms with Crippen LogP contribution in [0.3, 0.4) is 0 Å². The van der Waals surface area contributed by atoms with Crippen LogP contribution in [0, 0.1) is 0 Å². The van der Waals surface area contributed by atoms with Crippen LogP contribution < -0.4 is 5.32 Å². The summed E-state index contributed by atoms with van der Waals surface area (Å²) in [5, 5.41) is 16.9. The summed E-state index contributed by atoms with van der Waals surface area (Å²) in [6.45, 7) is 1.93. The third kappa shape index (κ3) is 2.69. The second kappa shape index (κ2) is 5.69. The number of carbonyl (C=O) groups is 1. The molecule has 7 heteroatoms. The van der Waals surface area contributed by atoms with Gasteiger partial charge in [-0.3, -0.25) is 4.79 Å². The van der Waals surface area contributed by atoms with E-state index < -0.39 is 6.10 Å². The number of hydrogen-bond acceptors (Lipinski definition) is 5. The summed E-state index contributed by atoms with van der Waals surface area (Å²) >= 11 is 0. The first-order chi connectivity index (χ1) is 10.2. The molecule has 2 aromatic heterocycles. The average molecular weight is 290 g/mol. The molecule has 21 heavy (non-hydrogen) atoms. The number of nitrogens with one attached hydrogen (secondary N) is 1. The number of aliphatic hydroxyl groups excluding tert-OH is 1. The zero-order valence-corrected chi connectivity index (χ0v) is 11.8. The first-order valence-corrected chi connectivity index (χ1v) is 7.11. The molecule has 7 nitrogen and oxygen atoms in total. The summed E-state index contributed by atoms with van der Waals surface area (Å²) in [5.41, 5.74) is 0.255. The van der Waals surface area contributed by atoms with Crippen molar-refractivity contribution in [1.29, 1.82) is 0 Å². The molecule has 0 saturated heterocycles. The maximum Gasteiger partial charge on any atom is 0.273 e. The van der Waals surface area contributed by atoms with E-state index in [0.29, 0.717) is 18.6 Å². The van der Waals surface area contributed by atoms with Crippen LogP contribution in [0.15, 0.2) is 29.3 Å². The van der Waals surface area contributed by atoms with Gasteiger partial charge in [0.2, 0.25) is 0 Å². The van der Waals surface area contributed by atoms with Crippen LogP contribution in [0.2, 0.25) is 0 Å². The molecule has 0 spiro atoms. The van der Waals surface area contributed by atoms with Gasteiger partial charge in [0.1, 0.15) is 5.76 Å². The molecule has 0 bridgehead atoms. The third-order valence-corrected chi connectivity index (χ3v) is 3.94. The number of aliphatic hydroxyl groups is 1. The van der Waals surface area contributed by atoms with Crippen LogP contribution in [0.25, 0.3) is 0 Å². The van der Waals surface area contributed by atoms with E-state index in [9.17, 15) is 9.90 Å². The number of amides is 1. The van der Waals surface area contributed by atoms with Gasteiger partial charge >= 0.3 is 0 Å². The van der Waals surface area contributed by atoms with Gasteiger partial charge in [0, 0.05) is 24.9 Å². The maximum absolute atomic E-state index is 12.1. The number of imidazole rings is 1. The molecular formula is C14H18N4O3. The fourth-order valence-corrected chi connectivity index (χ4v) is 2.74. The lowest BCUT2D eigenvalue weighted by atomic mass is 10.1. The third-order valence-electron chi connectivity index (χ3n) is 3.94. The molecule has 0 unspecified atom stereocenters. The smallest absolute Gasteiger partial charge is 0.273 e. The minimum Gasteiger partial charge on any atom is -0.389 e. The van der Waals surface area contributed by atoms with Gasteiger partial charge in [0.15, 0.2) is 5.69 Å². The lowest BCUT2D eigenvalue weighted by Crippen LogP contribution is -2.42. The Hall–Kier alpha value is -2.15. The summed E-state index contributed by atoms with van der Waals surface area (Å²) in [5.74, 6) is 0.359. The SMILES string of the molecule is CCc1cc(C(=O)N[C@@H]2CC[C@@H](n3ccnc3)[C@@H]2O)no1. The first kappa shape index (κ1) is 13.8. The van der Waals surface area contributed by atoms with Gasteiger partial charge in [-0.05, 0) is 12.8 Å². The van der Waals surface area contributed by atoms with Crippen molar-refractivity contribution in [3.63, 3.8) is 0 Å². The lowest BCUT2D eigenvalue weighted by Gasteiger charge is -2.21. The molecule has 0 aromatic carbocycles. The number of rotatable bonds is 4. The highest BCUT2D eigenvalue weighted by molar-refractivity contribution is 5.92. The van der Waals surface area contributed by atoms with Gasteiger partial charge in [-0.15, -0.1) is 0 Å². The van der Waals surface area contributed by atoms with E-state index in [2.05, 4.69) is 15.5 Å². The largest absolute Gasteiger partial charge is 0.389 e. The molecule has 2 heterocycles. The molecule has 2 aromatic rings. The van der Waals surface area contributed by atoms with E-state index in [1.54, 1.807) is 18.6 Å². The topological polar surface area (TPSA) is 93.2 Å². The molecule has 1 amide bonds. The zero-order chi connectivity index (χ0) is 14.8. The van der Waals surface area contributed by atoms with Crippen LogP contribution >= 0.6 is 0 Å². The molecule has 3 atom stereocenters. The highest BCUT2D eigenvalue weighted by Crippen LogP contribution is 2.30. The number of aryl methyl sites for hydroxylation is 1. The van der Waals surface area contributed by atoms with Gasteiger partial charge in [0.25, 0.3) is 5.91 Å². The molecule has 0 radical (unpaired) electrons. The van der Waals surface area contributed by atoms with Gasteiger partial charge in [-0.1, -0.05) is 12.1 Å². The fraction of sp³-hybridized carbons (Fsp3) is 0.500. The molecule has 2 N–H and O–H groups in total. The number of carbonyl (C=O) groups excluding carboxylic acids is 1. The molecule has 3 rings (SSSR count). The Kier molecular flexibility index (Phi) is 3.74. The van der Waals surface area contributed by atoms with E-state index in [1.165, 1.54) is 0 Å². The Labute approximate surface area is 122 Å². The quantitative estimate of drug-likeness (QED) is 0.873. The van der Waals surface area contributed by atoms with Crippen molar-refractivity contribution in [3.8, 4) is 0 Å². The summed E-state index contributed by atoms with van der Waals surface area (Å²) in [7, 11) is 0. The van der Waals surface area contributed by atoms with Crippen molar-refractivity contribution in [2.45, 2.75) is 44.4 Å². The van der Waals surface area contributed by atoms with Crippen LogP contribution in [0.1, 0.15) is 42.1 Å². The molecule has 1 aliphatic rings. The van der Waals surface area contributed by atoms with Crippen LogP contribution in [-0.4, -0.2) is 37.9 Å². The monoisotopic (exact) mass is 290 g/mol. The summed E-state index contributed by atoms with van der Waals surface area (Å²) in [6, 6.07) is 1.29. The van der Waals surface area contributed by atoms with Crippen LogP contribution in [0.4, 0.5) is 0 Å². The van der Waals surface area contributed by atoms with E-state index in [-0.39, 0.29) is 23.7 Å². The van der Waals surface area contributed by atoms with Crippen molar-refractivity contribution >= 4 is 5.91 Å². The second-order valence-electron chi connectivity index (χ2n) is 5.26. The summed E-state index contributed by atoms with van der Waals surface area (Å²) in [4.78, 5) is 16.1. The first-order valence-electron chi connectivity index (χ1n) is 7.11. The average Bonchev–Trinajstić information content (AvgIpc) is 3.20. The predicted molar refractivity (Wildman–Crippen MR) is 73.6 cm³/mol. The Balaban J connectivity index is 1.64. The highest BCUT2D eigenvalue weighted by atomic mass is 16.5. The summed E-state index contributed by atoms with van der Waals surface area (Å²) < 4.78 is 6.90.